The van der Waals surface area contributed by atoms with Crippen molar-refractivity contribution < 1.29 is 9.63 Å². The van der Waals surface area contributed by atoms with Gasteiger partial charge in [-0.05, 0) is 37.6 Å². The topological polar surface area (TPSA) is 83.5 Å². The molecule has 1 aromatic heterocycles. The molecule has 0 unspecified atom stereocenters. The lowest BCUT2D eigenvalue weighted by molar-refractivity contribution is -0.131. The summed E-state index contributed by atoms with van der Waals surface area (Å²) in [5.74, 6) is -0.340. The fourth-order valence-corrected chi connectivity index (χ4v) is 3.31. The summed E-state index contributed by atoms with van der Waals surface area (Å²) in [7, 11) is 0. The van der Waals surface area contributed by atoms with Crippen molar-refractivity contribution in [1.29, 1.82) is 0 Å². The minimum Gasteiger partial charge on any atom is -0.382 e. The number of oxime groups is 1. The van der Waals surface area contributed by atoms with Crippen LogP contribution in [-0.2, 0) is 16.2 Å². The second kappa shape index (κ2) is 7.51. The number of aromatic nitrogens is 1. The lowest BCUT2D eigenvalue weighted by atomic mass is 10.0. The largest absolute Gasteiger partial charge is 0.382 e. The van der Waals surface area contributed by atoms with Gasteiger partial charge in [-0.1, -0.05) is 34.4 Å². The number of aryl methyl sites for hydroxylation is 2. The average Bonchev–Trinajstić information content (AvgIpc) is 3.03. The molecule has 1 amide bonds. The molecule has 0 aliphatic carbocycles. The monoisotopic (exact) mass is 393 g/mol. The minimum absolute atomic E-state index is 0.122. The van der Waals surface area contributed by atoms with E-state index in [4.69, 9.17) is 28.0 Å². The maximum Gasteiger partial charge on any atom is 0.264 e. The molecular formula is C18H17Cl2N3O3. The molecule has 0 spiro atoms. The Morgan fingerprint density at radius 1 is 1.35 bits per heavy atom. The standard InChI is InChI=1S/C18H17Cl2N3O3/c1-9-5-10(2)22-17(24)13(9)8-21-18(25)16-7-15(23-26-16)12-4-3-11(19)6-14(12)20/h3-6,16H,7-8H2,1-2H3,(H,21,25)(H,22,24)/t16-/m1/s1. The van der Waals surface area contributed by atoms with Crippen molar-refractivity contribution in [3.63, 3.8) is 0 Å². The Morgan fingerprint density at radius 3 is 2.81 bits per heavy atom. The highest BCUT2D eigenvalue weighted by Crippen LogP contribution is 2.26. The van der Waals surface area contributed by atoms with Crippen molar-refractivity contribution in [1.82, 2.24) is 10.3 Å². The van der Waals surface area contributed by atoms with Gasteiger partial charge in [0.1, 0.15) is 0 Å². The second-order valence-corrected chi connectivity index (χ2v) is 6.96. The Labute approximate surface area is 160 Å². The lowest BCUT2D eigenvalue weighted by Crippen LogP contribution is -2.36. The van der Waals surface area contributed by atoms with Crippen molar-refractivity contribution in [2.24, 2.45) is 5.16 Å². The van der Waals surface area contributed by atoms with Gasteiger partial charge in [-0.25, -0.2) is 0 Å². The van der Waals surface area contributed by atoms with Gasteiger partial charge in [0.25, 0.3) is 11.5 Å². The van der Waals surface area contributed by atoms with Crippen LogP contribution in [-0.4, -0.2) is 22.7 Å². The first-order chi connectivity index (χ1) is 12.3. The van der Waals surface area contributed by atoms with Crippen LogP contribution in [0.3, 0.4) is 0 Å². The van der Waals surface area contributed by atoms with Crippen LogP contribution in [0.2, 0.25) is 10.0 Å². The summed E-state index contributed by atoms with van der Waals surface area (Å²) < 4.78 is 0. The van der Waals surface area contributed by atoms with E-state index in [0.717, 1.165) is 11.3 Å². The molecule has 0 fully saturated rings. The van der Waals surface area contributed by atoms with Crippen LogP contribution in [0, 0.1) is 13.8 Å². The van der Waals surface area contributed by atoms with Crippen LogP contribution in [0.1, 0.15) is 28.8 Å². The predicted octanol–water partition coefficient (Wildman–Crippen LogP) is 3.11. The fraction of sp³-hybridized carbons (Fsp3) is 0.278. The van der Waals surface area contributed by atoms with Gasteiger partial charge in [-0.15, -0.1) is 0 Å². The van der Waals surface area contributed by atoms with Gasteiger partial charge in [-0.2, -0.15) is 0 Å². The summed E-state index contributed by atoms with van der Waals surface area (Å²) in [6.07, 6.45) is -0.474. The molecule has 26 heavy (non-hydrogen) atoms. The Bertz CT molecular complexity index is 953. The number of halogens is 2. The van der Waals surface area contributed by atoms with Crippen LogP contribution >= 0.6 is 23.2 Å². The SMILES string of the molecule is Cc1cc(C)c(CNC(=O)[C@H]2CC(c3ccc(Cl)cc3Cl)=NO2)c(=O)[nH]1. The van der Waals surface area contributed by atoms with Gasteiger partial charge in [0, 0.05) is 34.8 Å². The number of aromatic amines is 1. The highest BCUT2D eigenvalue weighted by molar-refractivity contribution is 6.37. The van der Waals surface area contributed by atoms with Crippen molar-refractivity contribution >= 4 is 34.8 Å². The summed E-state index contributed by atoms with van der Waals surface area (Å²) in [6, 6.07) is 6.91. The number of carbonyl (C=O) groups is 1. The van der Waals surface area contributed by atoms with E-state index in [0.29, 0.717) is 26.9 Å². The molecule has 1 aromatic carbocycles. The Balaban J connectivity index is 1.64. The van der Waals surface area contributed by atoms with Crippen molar-refractivity contribution in [2.75, 3.05) is 0 Å². The highest BCUT2D eigenvalue weighted by Gasteiger charge is 2.29. The van der Waals surface area contributed by atoms with Crippen molar-refractivity contribution in [3.8, 4) is 0 Å². The summed E-state index contributed by atoms with van der Waals surface area (Å²) in [6.45, 7) is 3.76. The van der Waals surface area contributed by atoms with E-state index < -0.39 is 6.10 Å². The molecule has 0 bridgehead atoms. The zero-order valence-electron chi connectivity index (χ0n) is 14.2. The van der Waals surface area contributed by atoms with Gasteiger partial charge < -0.3 is 15.1 Å². The Hall–Kier alpha value is -2.31. The second-order valence-electron chi connectivity index (χ2n) is 6.12. The molecule has 0 saturated carbocycles. The predicted molar refractivity (Wildman–Crippen MR) is 101 cm³/mol. The van der Waals surface area contributed by atoms with E-state index in [2.05, 4.69) is 15.5 Å². The molecule has 1 atom stereocenters. The molecule has 136 valence electrons. The normalized spacial score (nSPS) is 16.2. The van der Waals surface area contributed by atoms with E-state index in [-0.39, 0.29) is 24.4 Å². The molecule has 6 nitrogen and oxygen atoms in total. The van der Waals surface area contributed by atoms with Gasteiger partial charge in [0.15, 0.2) is 0 Å². The number of nitrogens with zero attached hydrogens (tertiary/aromatic N) is 1. The zero-order chi connectivity index (χ0) is 18.8. The fourth-order valence-electron chi connectivity index (χ4n) is 2.79. The van der Waals surface area contributed by atoms with Crippen LogP contribution in [0.4, 0.5) is 0 Å². The van der Waals surface area contributed by atoms with Crippen LogP contribution in [0.15, 0.2) is 34.2 Å². The molecule has 8 heteroatoms. The van der Waals surface area contributed by atoms with Crippen LogP contribution in [0.5, 0.6) is 0 Å². The summed E-state index contributed by atoms with van der Waals surface area (Å²) in [5, 5.41) is 7.65. The smallest absolute Gasteiger partial charge is 0.264 e. The summed E-state index contributed by atoms with van der Waals surface area (Å²) >= 11 is 12.1. The molecule has 2 heterocycles. The van der Waals surface area contributed by atoms with E-state index in [1.165, 1.54) is 0 Å². The summed E-state index contributed by atoms with van der Waals surface area (Å²) in [5.41, 5.74) is 3.17. The molecule has 2 aromatic rings. The van der Waals surface area contributed by atoms with E-state index in [1.54, 1.807) is 18.2 Å². The van der Waals surface area contributed by atoms with Gasteiger partial charge in [-0.3, -0.25) is 9.59 Å². The molecule has 3 rings (SSSR count). The first-order valence-electron chi connectivity index (χ1n) is 8.00. The molecule has 2 N–H and O–H groups in total. The maximum absolute atomic E-state index is 12.3. The Morgan fingerprint density at radius 2 is 2.12 bits per heavy atom. The van der Waals surface area contributed by atoms with Crippen molar-refractivity contribution in [3.05, 3.63) is 67.0 Å². The molecule has 0 saturated heterocycles. The quantitative estimate of drug-likeness (QED) is 0.836. The molecule has 1 aliphatic heterocycles. The number of amides is 1. The maximum atomic E-state index is 12.3. The number of carbonyl (C=O) groups excluding carboxylic acids is 1. The third-order valence-corrected chi connectivity index (χ3v) is 4.68. The molecular weight excluding hydrogens is 377 g/mol. The Kier molecular flexibility index (Phi) is 5.34. The van der Waals surface area contributed by atoms with E-state index >= 15 is 0 Å². The number of benzene rings is 1. The first kappa shape index (κ1) is 18.5. The van der Waals surface area contributed by atoms with Gasteiger partial charge in [0.05, 0.1) is 10.7 Å². The van der Waals surface area contributed by atoms with Gasteiger partial charge in [0.2, 0.25) is 6.10 Å². The molecule has 0 radical (unpaired) electrons. The lowest BCUT2D eigenvalue weighted by Gasteiger charge is -2.11. The third-order valence-electron chi connectivity index (χ3n) is 4.14. The third kappa shape index (κ3) is 3.92. The van der Waals surface area contributed by atoms with Crippen LogP contribution in [0.25, 0.3) is 0 Å². The first-order valence-corrected chi connectivity index (χ1v) is 8.76. The van der Waals surface area contributed by atoms with Crippen LogP contribution < -0.4 is 10.9 Å². The number of nitrogens with one attached hydrogen (secondary N) is 2. The molecule has 1 aliphatic rings. The highest BCUT2D eigenvalue weighted by atomic mass is 35.5. The average molecular weight is 394 g/mol. The summed E-state index contributed by atoms with van der Waals surface area (Å²) in [4.78, 5) is 32.3. The number of pyridine rings is 1. The number of rotatable bonds is 4. The van der Waals surface area contributed by atoms with Crippen molar-refractivity contribution in [2.45, 2.75) is 32.9 Å². The number of hydrogen-bond donors (Lipinski definition) is 2. The van der Waals surface area contributed by atoms with E-state index in [1.807, 2.05) is 19.9 Å². The number of hydrogen-bond acceptors (Lipinski definition) is 4. The van der Waals surface area contributed by atoms with E-state index in [9.17, 15) is 9.59 Å². The zero-order valence-corrected chi connectivity index (χ0v) is 15.7. The van der Waals surface area contributed by atoms with Gasteiger partial charge >= 0.3 is 0 Å². The minimum atomic E-state index is -0.762. The number of H-pyrrole nitrogens is 1.